The van der Waals surface area contributed by atoms with Gasteiger partial charge in [-0.05, 0) is 24.3 Å². The molecule has 1 aromatic carbocycles. The van der Waals surface area contributed by atoms with Crippen molar-refractivity contribution < 1.29 is 0 Å². The van der Waals surface area contributed by atoms with Gasteiger partial charge in [0.1, 0.15) is 0 Å². The van der Waals surface area contributed by atoms with Crippen molar-refractivity contribution in [3.05, 3.63) is 52.6 Å². The van der Waals surface area contributed by atoms with Gasteiger partial charge in [-0.3, -0.25) is 9.55 Å². The molecule has 3 rings (SSSR count). The lowest BCUT2D eigenvalue weighted by Crippen LogP contribution is -1.96. The number of fused-ring (bicyclic) bond motifs is 1. The topological polar surface area (TPSA) is 30.7 Å². The number of benzene rings is 1. The van der Waals surface area contributed by atoms with Gasteiger partial charge < -0.3 is 0 Å². The Morgan fingerprint density at radius 3 is 2.56 bits per heavy atom. The maximum Gasteiger partial charge on any atom is 0.177 e. The smallest absolute Gasteiger partial charge is 0.177 e. The zero-order valence-corrected chi connectivity index (χ0v) is 10.5. The first-order valence-electron chi connectivity index (χ1n) is 4.89. The fourth-order valence-corrected chi connectivity index (χ4v) is 2.53. The lowest BCUT2D eigenvalue weighted by Gasteiger charge is -2.04. The zero-order chi connectivity index (χ0) is 11.0. The van der Waals surface area contributed by atoms with E-state index in [1.807, 2.05) is 30.3 Å². The molecule has 16 heavy (non-hydrogen) atoms. The van der Waals surface area contributed by atoms with Crippen molar-refractivity contribution in [2.45, 2.75) is 0 Å². The second kappa shape index (κ2) is 3.86. The Morgan fingerprint density at radius 1 is 1.00 bits per heavy atom. The predicted octanol–water partition coefficient (Wildman–Crippen LogP) is 3.03. The normalized spacial score (nSPS) is 10.8. The molecular formula is C12H8IN3. The molecule has 0 atom stereocenters. The molecule has 3 aromatic rings. The van der Waals surface area contributed by atoms with Gasteiger partial charge in [-0.15, -0.1) is 0 Å². The molecule has 78 valence electrons. The van der Waals surface area contributed by atoms with Crippen LogP contribution in [0.4, 0.5) is 0 Å². The summed E-state index contributed by atoms with van der Waals surface area (Å²) in [6, 6.07) is 12.1. The molecule has 0 fully saturated rings. The van der Waals surface area contributed by atoms with Crippen LogP contribution in [0.3, 0.4) is 0 Å². The van der Waals surface area contributed by atoms with E-state index < -0.39 is 0 Å². The van der Waals surface area contributed by atoms with E-state index in [4.69, 9.17) is 0 Å². The van der Waals surface area contributed by atoms with E-state index in [1.165, 1.54) is 0 Å². The highest BCUT2D eigenvalue weighted by Crippen LogP contribution is 2.21. The summed E-state index contributed by atoms with van der Waals surface area (Å²) in [5.74, 6) is 0. The molecule has 0 N–H and O–H groups in total. The average Bonchev–Trinajstić information content (AvgIpc) is 2.66. The van der Waals surface area contributed by atoms with Crippen LogP contribution >= 0.6 is 22.6 Å². The van der Waals surface area contributed by atoms with Crippen molar-refractivity contribution in [1.29, 1.82) is 0 Å². The molecule has 0 aliphatic rings. The van der Waals surface area contributed by atoms with Crippen LogP contribution in [-0.4, -0.2) is 14.5 Å². The Kier molecular flexibility index (Phi) is 2.36. The highest BCUT2D eigenvalue weighted by atomic mass is 127. The third-order valence-electron chi connectivity index (χ3n) is 2.44. The summed E-state index contributed by atoms with van der Waals surface area (Å²) in [6.45, 7) is 0. The van der Waals surface area contributed by atoms with E-state index in [-0.39, 0.29) is 0 Å². The standard InChI is InChI=1S/C12H8IN3/c13-12-15-10-3-1-2-4-11(10)16(12)9-5-7-14-8-6-9/h1-8H. The van der Waals surface area contributed by atoms with E-state index >= 15 is 0 Å². The first-order chi connectivity index (χ1) is 7.86. The molecular weight excluding hydrogens is 313 g/mol. The molecule has 3 nitrogen and oxygen atoms in total. The van der Waals surface area contributed by atoms with Crippen LogP contribution in [0.15, 0.2) is 48.8 Å². The molecule has 0 unspecified atom stereocenters. The lowest BCUT2D eigenvalue weighted by atomic mass is 10.3. The van der Waals surface area contributed by atoms with E-state index in [9.17, 15) is 0 Å². The van der Waals surface area contributed by atoms with Gasteiger partial charge >= 0.3 is 0 Å². The molecule has 2 aromatic heterocycles. The van der Waals surface area contributed by atoms with E-state index in [2.05, 4.69) is 43.2 Å². The van der Waals surface area contributed by atoms with Crippen LogP contribution in [0.5, 0.6) is 0 Å². The van der Waals surface area contributed by atoms with Crippen molar-refractivity contribution >= 4 is 33.6 Å². The number of pyridine rings is 1. The summed E-state index contributed by atoms with van der Waals surface area (Å²) in [5.41, 5.74) is 3.23. The summed E-state index contributed by atoms with van der Waals surface area (Å²) in [4.78, 5) is 8.55. The summed E-state index contributed by atoms with van der Waals surface area (Å²) in [5, 5.41) is 0. The number of rotatable bonds is 1. The van der Waals surface area contributed by atoms with E-state index in [0.29, 0.717) is 0 Å². The zero-order valence-electron chi connectivity index (χ0n) is 8.34. The number of hydrogen-bond acceptors (Lipinski definition) is 2. The molecule has 0 radical (unpaired) electrons. The second-order valence-corrected chi connectivity index (χ2v) is 4.38. The van der Waals surface area contributed by atoms with Crippen LogP contribution in [-0.2, 0) is 0 Å². The van der Waals surface area contributed by atoms with E-state index in [1.54, 1.807) is 12.4 Å². The van der Waals surface area contributed by atoms with Crippen molar-refractivity contribution in [2.24, 2.45) is 0 Å². The number of imidazole rings is 1. The SMILES string of the molecule is Ic1nc2ccccc2n1-c1ccncc1. The molecule has 0 amide bonds. The van der Waals surface area contributed by atoms with Gasteiger partial charge in [0, 0.05) is 35.0 Å². The number of para-hydroxylation sites is 2. The van der Waals surface area contributed by atoms with Crippen LogP contribution in [0.25, 0.3) is 16.7 Å². The quantitative estimate of drug-likeness (QED) is 0.645. The van der Waals surface area contributed by atoms with Gasteiger partial charge in [-0.1, -0.05) is 12.1 Å². The minimum Gasteiger partial charge on any atom is -0.288 e. The van der Waals surface area contributed by atoms with Crippen LogP contribution in [0.2, 0.25) is 0 Å². The van der Waals surface area contributed by atoms with Gasteiger partial charge in [-0.25, -0.2) is 4.98 Å². The molecule has 4 heteroatoms. The third-order valence-corrected chi connectivity index (χ3v) is 3.16. The first-order valence-corrected chi connectivity index (χ1v) is 5.97. The molecule has 0 bridgehead atoms. The Morgan fingerprint density at radius 2 is 1.75 bits per heavy atom. The Bertz CT molecular complexity index is 631. The minimum atomic E-state index is 0.963. The van der Waals surface area contributed by atoms with Crippen LogP contribution < -0.4 is 0 Å². The Balaban J connectivity index is 2.35. The fourth-order valence-electron chi connectivity index (χ4n) is 1.74. The maximum absolute atomic E-state index is 4.52. The van der Waals surface area contributed by atoms with Crippen molar-refractivity contribution in [2.75, 3.05) is 0 Å². The second-order valence-electron chi connectivity index (χ2n) is 3.41. The summed E-state index contributed by atoms with van der Waals surface area (Å²) in [6.07, 6.45) is 3.58. The monoisotopic (exact) mass is 321 g/mol. The van der Waals surface area contributed by atoms with E-state index in [0.717, 1.165) is 20.6 Å². The summed E-state index contributed by atoms with van der Waals surface area (Å²) >= 11 is 2.25. The fraction of sp³-hybridized carbons (Fsp3) is 0. The third kappa shape index (κ3) is 1.49. The van der Waals surface area contributed by atoms with Crippen molar-refractivity contribution in [1.82, 2.24) is 14.5 Å². The molecule has 0 saturated carbocycles. The number of aromatic nitrogens is 3. The number of hydrogen-bond donors (Lipinski definition) is 0. The van der Waals surface area contributed by atoms with Gasteiger partial charge in [0.2, 0.25) is 0 Å². The molecule has 0 aliphatic carbocycles. The molecule has 2 heterocycles. The minimum absolute atomic E-state index is 0.963. The Labute approximate surface area is 106 Å². The summed E-state index contributed by atoms with van der Waals surface area (Å²) in [7, 11) is 0. The summed E-state index contributed by atoms with van der Waals surface area (Å²) < 4.78 is 3.09. The highest BCUT2D eigenvalue weighted by molar-refractivity contribution is 14.1. The lowest BCUT2D eigenvalue weighted by molar-refractivity contribution is 1.03. The first kappa shape index (κ1) is 9.77. The number of nitrogens with zero attached hydrogens (tertiary/aromatic N) is 3. The number of halogens is 1. The molecule has 0 spiro atoms. The largest absolute Gasteiger partial charge is 0.288 e. The van der Waals surface area contributed by atoms with Crippen LogP contribution in [0, 0.1) is 3.83 Å². The van der Waals surface area contributed by atoms with Gasteiger partial charge in [0.05, 0.1) is 16.7 Å². The van der Waals surface area contributed by atoms with Gasteiger partial charge in [0.15, 0.2) is 3.83 Å². The Hall–Kier alpha value is -1.43. The average molecular weight is 321 g/mol. The maximum atomic E-state index is 4.52. The van der Waals surface area contributed by atoms with Crippen molar-refractivity contribution in [3.8, 4) is 5.69 Å². The van der Waals surface area contributed by atoms with Crippen LogP contribution in [0.1, 0.15) is 0 Å². The highest BCUT2D eigenvalue weighted by Gasteiger charge is 2.08. The van der Waals surface area contributed by atoms with Gasteiger partial charge in [-0.2, -0.15) is 0 Å². The van der Waals surface area contributed by atoms with Crippen molar-refractivity contribution in [3.63, 3.8) is 0 Å². The van der Waals surface area contributed by atoms with Gasteiger partial charge in [0.25, 0.3) is 0 Å². The predicted molar refractivity (Wildman–Crippen MR) is 71.6 cm³/mol. The molecule has 0 saturated heterocycles. The molecule has 0 aliphatic heterocycles.